The van der Waals surface area contributed by atoms with Crippen LogP contribution in [0.15, 0.2) is 0 Å². The fourth-order valence-electron chi connectivity index (χ4n) is 1.96. The first kappa shape index (κ1) is 7.66. The van der Waals surface area contributed by atoms with Crippen LogP contribution in [0.4, 0.5) is 0 Å². The number of thioether (sulfide) groups is 1. The van der Waals surface area contributed by atoms with Crippen LogP contribution in [0.5, 0.6) is 0 Å². The molecule has 0 aromatic carbocycles. The van der Waals surface area contributed by atoms with Crippen molar-refractivity contribution in [3.63, 3.8) is 0 Å². The molecular weight excluding hydrogens is 156 g/mol. The first-order chi connectivity index (χ1) is 5.37. The van der Waals surface area contributed by atoms with E-state index in [1.807, 2.05) is 11.8 Å². The number of hydrogen-bond acceptors (Lipinski definition) is 2. The van der Waals surface area contributed by atoms with Crippen LogP contribution in [-0.4, -0.2) is 17.8 Å². The highest BCUT2D eigenvalue weighted by Gasteiger charge is 2.49. The van der Waals surface area contributed by atoms with E-state index in [0.29, 0.717) is 0 Å². The molecule has 1 nitrogen and oxygen atoms in total. The summed E-state index contributed by atoms with van der Waals surface area (Å²) in [5.41, 5.74) is 0.160. The highest BCUT2D eigenvalue weighted by atomic mass is 32.2. The third kappa shape index (κ3) is 1.33. The quantitative estimate of drug-likeness (QED) is 0.590. The molecule has 0 spiro atoms. The van der Waals surface area contributed by atoms with Crippen LogP contribution in [0.2, 0.25) is 0 Å². The second-order valence-corrected chi connectivity index (χ2v) is 4.91. The van der Waals surface area contributed by atoms with Crippen LogP contribution in [0.25, 0.3) is 0 Å². The van der Waals surface area contributed by atoms with Gasteiger partial charge in [-0.1, -0.05) is 0 Å². The lowest BCUT2D eigenvalue weighted by molar-refractivity contribution is -0.113. The van der Waals surface area contributed by atoms with E-state index < -0.39 is 0 Å². The number of carbonyl (C=O) groups excluding carboxylic acids is 1. The molecule has 1 saturated heterocycles. The summed E-state index contributed by atoms with van der Waals surface area (Å²) in [6, 6.07) is 0. The van der Waals surface area contributed by atoms with E-state index in [9.17, 15) is 4.79 Å². The Balaban J connectivity index is 1.97. The number of aldehydes is 1. The molecule has 1 unspecified atom stereocenters. The van der Waals surface area contributed by atoms with Crippen molar-refractivity contribution in [2.45, 2.75) is 25.7 Å². The number of hydrogen-bond donors (Lipinski definition) is 0. The van der Waals surface area contributed by atoms with Gasteiger partial charge in [0.05, 0.1) is 0 Å². The minimum absolute atomic E-state index is 0.160. The standard InChI is InChI=1S/C9H14OS/c10-7-9(3-4-9)8-2-1-5-11-6-8/h7-8H,1-6H2. The zero-order chi connectivity index (χ0) is 7.73. The summed E-state index contributed by atoms with van der Waals surface area (Å²) in [5.74, 6) is 3.27. The fraction of sp³-hybridized carbons (Fsp3) is 0.889. The van der Waals surface area contributed by atoms with E-state index in [1.165, 1.54) is 43.5 Å². The predicted molar refractivity (Wildman–Crippen MR) is 47.8 cm³/mol. The van der Waals surface area contributed by atoms with Crippen molar-refractivity contribution in [3.8, 4) is 0 Å². The second kappa shape index (κ2) is 2.81. The summed E-state index contributed by atoms with van der Waals surface area (Å²) >= 11 is 2.03. The van der Waals surface area contributed by atoms with E-state index in [4.69, 9.17) is 0 Å². The van der Waals surface area contributed by atoms with Crippen molar-refractivity contribution in [2.24, 2.45) is 11.3 Å². The van der Waals surface area contributed by atoms with Crippen LogP contribution in [0.1, 0.15) is 25.7 Å². The van der Waals surface area contributed by atoms with Crippen LogP contribution in [0.3, 0.4) is 0 Å². The van der Waals surface area contributed by atoms with Gasteiger partial charge in [0.1, 0.15) is 6.29 Å². The summed E-state index contributed by atoms with van der Waals surface area (Å²) in [6.07, 6.45) is 6.18. The zero-order valence-electron chi connectivity index (χ0n) is 6.71. The van der Waals surface area contributed by atoms with Crippen LogP contribution in [-0.2, 0) is 4.79 Å². The Kier molecular flexibility index (Phi) is 1.96. The maximum Gasteiger partial charge on any atom is 0.126 e. The normalized spacial score (nSPS) is 34.7. The SMILES string of the molecule is O=CC1(C2CCCSC2)CC1. The van der Waals surface area contributed by atoms with Crippen molar-refractivity contribution >= 4 is 18.0 Å². The van der Waals surface area contributed by atoms with E-state index in [2.05, 4.69) is 0 Å². The van der Waals surface area contributed by atoms with Gasteiger partial charge in [-0.3, -0.25) is 0 Å². The van der Waals surface area contributed by atoms with Crippen molar-refractivity contribution in [3.05, 3.63) is 0 Å². The molecule has 2 aliphatic rings. The van der Waals surface area contributed by atoms with Gasteiger partial charge in [0, 0.05) is 5.41 Å². The van der Waals surface area contributed by atoms with Crippen molar-refractivity contribution < 1.29 is 4.79 Å². The lowest BCUT2D eigenvalue weighted by Gasteiger charge is -2.25. The van der Waals surface area contributed by atoms with Gasteiger partial charge in [0.25, 0.3) is 0 Å². The van der Waals surface area contributed by atoms with Crippen molar-refractivity contribution in [1.29, 1.82) is 0 Å². The van der Waals surface area contributed by atoms with E-state index in [-0.39, 0.29) is 5.41 Å². The molecule has 0 aromatic rings. The molecule has 0 bridgehead atoms. The van der Waals surface area contributed by atoms with Crippen LogP contribution >= 0.6 is 11.8 Å². The average molecular weight is 170 g/mol. The lowest BCUT2D eigenvalue weighted by atomic mass is 9.88. The summed E-state index contributed by atoms with van der Waals surface area (Å²) in [4.78, 5) is 10.8. The van der Waals surface area contributed by atoms with Crippen molar-refractivity contribution in [1.82, 2.24) is 0 Å². The summed E-state index contributed by atoms with van der Waals surface area (Å²) < 4.78 is 0. The third-order valence-electron chi connectivity index (χ3n) is 3.04. The van der Waals surface area contributed by atoms with Crippen molar-refractivity contribution in [2.75, 3.05) is 11.5 Å². The Morgan fingerprint density at radius 3 is 2.73 bits per heavy atom. The van der Waals surface area contributed by atoms with E-state index in [1.54, 1.807) is 0 Å². The maximum absolute atomic E-state index is 10.8. The monoisotopic (exact) mass is 170 g/mol. The summed E-state index contributed by atoms with van der Waals surface area (Å²) in [7, 11) is 0. The lowest BCUT2D eigenvalue weighted by Crippen LogP contribution is -2.23. The summed E-state index contributed by atoms with van der Waals surface area (Å²) in [5, 5.41) is 0. The third-order valence-corrected chi connectivity index (χ3v) is 4.25. The molecule has 11 heavy (non-hydrogen) atoms. The van der Waals surface area contributed by atoms with Gasteiger partial charge in [-0.25, -0.2) is 0 Å². The van der Waals surface area contributed by atoms with Crippen LogP contribution in [0, 0.1) is 11.3 Å². The molecule has 2 fully saturated rings. The minimum atomic E-state index is 0.160. The Bertz CT molecular complexity index is 157. The second-order valence-electron chi connectivity index (χ2n) is 3.77. The maximum atomic E-state index is 10.8. The molecular formula is C9H14OS. The molecule has 0 aromatic heterocycles. The molecule has 0 amide bonds. The van der Waals surface area contributed by atoms with Gasteiger partial charge in [-0.05, 0) is 43.1 Å². The van der Waals surface area contributed by atoms with Gasteiger partial charge in [0.2, 0.25) is 0 Å². The van der Waals surface area contributed by atoms with Gasteiger partial charge in [0.15, 0.2) is 0 Å². The molecule has 0 radical (unpaired) electrons. The smallest absolute Gasteiger partial charge is 0.126 e. The van der Waals surface area contributed by atoms with E-state index in [0.717, 1.165) is 5.92 Å². The molecule has 0 N–H and O–H groups in total. The molecule has 62 valence electrons. The summed E-state index contributed by atoms with van der Waals surface area (Å²) in [6.45, 7) is 0. The molecule has 1 saturated carbocycles. The first-order valence-corrected chi connectivity index (χ1v) is 5.57. The molecule has 1 aliphatic carbocycles. The highest BCUT2D eigenvalue weighted by molar-refractivity contribution is 7.99. The molecule has 1 heterocycles. The Hall–Kier alpha value is 0.0200. The largest absolute Gasteiger partial charge is 0.303 e. The first-order valence-electron chi connectivity index (χ1n) is 4.41. The van der Waals surface area contributed by atoms with Crippen LogP contribution < -0.4 is 0 Å². The van der Waals surface area contributed by atoms with Gasteiger partial charge >= 0.3 is 0 Å². The molecule has 1 atom stereocenters. The fourth-order valence-corrected chi connectivity index (χ4v) is 3.28. The molecule has 2 heteroatoms. The van der Waals surface area contributed by atoms with E-state index >= 15 is 0 Å². The number of carbonyl (C=O) groups is 1. The topological polar surface area (TPSA) is 17.1 Å². The average Bonchev–Trinajstić information content (AvgIpc) is 2.86. The Morgan fingerprint density at radius 2 is 2.27 bits per heavy atom. The predicted octanol–water partition coefficient (Wildman–Crippen LogP) is 2.11. The van der Waals surface area contributed by atoms with Gasteiger partial charge in [-0.15, -0.1) is 0 Å². The van der Waals surface area contributed by atoms with Gasteiger partial charge in [-0.2, -0.15) is 11.8 Å². The molecule has 2 rings (SSSR count). The Labute approximate surface area is 71.9 Å². The van der Waals surface area contributed by atoms with Gasteiger partial charge < -0.3 is 4.79 Å². The minimum Gasteiger partial charge on any atom is -0.303 e. The zero-order valence-corrected chi connectivity index (χ0v) is 7.53. The Morgan fingerprint density at radius 1 is 1.45 bits per heavy atom. The number of rotatable bonds is 2. The molecule has 1 aliphatic heterocycles. The highest BCUT2D eigenvalue weighted by Crippen LogP contribution is 2.53.